The van der Waals surface area contributed by atoms with Gasteiger partial charge in [-0.2, -0.15) is 0 Å². The van der Waals surface area contributed by atoms with Crippen LogP contribution in [0.25, 0.3) is 10.2 Å². The van der Waals surface area contributed by atoms with Crippen molar-refractivity contribution in [1.29, 1.82) is 0 Å². The molecule has 2 aliphatic rings. The molecule has 6 heteroatoms. The molecule has 0 saturated carbocycles. The van der Waals surface area contributed by atoms with E-state index >= 15 is 0 Å². The molecular weight excluding hydrogens is 344 g/mol. The van der Waals surface area contributed by atoms with Crippen LogP contribution in [-0.2, 0) is 19.4 Å². The maximum atomic E-state index is 12.7. The Morgan fingerprint density at radius 2 is 2.21 bits per heavy atom. The van der Waals surface area contributed by atoms with Crippen molar-refractivity contribution in [3.05, 3.63) is 20.8 Å². The van der Waals surface area contributed by atoms with Gasteiger partial charge < -0.3 is 0 Å². The van der Waals surface area contributed by atoms with Gasteiger partial charge in [0, 0.05) is 22.0 Å². The molecule has 2 aromatic heterocycles. The van der Waals surface area contributed by atoms with Crippen LogP contribution >= 0.6 is 39.0 Å². The van der Waals surface area contributed by atoms with Crippen LogP contribution in [0.5, 0.6) is 0 Å². The summed E-state index contributed by atoms with van der Waals surface area (Å²) in [4.78, 5) is 19.8. The molecule has 0 fully saturated rings. The van der Waals surface area contributed by atoms with Crippen LogP contribution in [0, 0.1) is 0 Å². The summed E-state index contributed by atoms with van der Waals surface area (Å²) in [5, 5.41) is 3.17. The highest BCUT2D eigenvalue weighted by Gasteiger charge is 2.28. The van der Waals surface area contributed by atoms with Crippen molar-refractivity contribution in [3.63, 3.8) is 0 Å². The molecule has 0 bridgehead atoms. The van der Waals surface area contributed by atoms with Crippen LogP contribution < -0.4 is 5.56 Å². The zero-order chi connectivity index (χ0) is 13.0. The highest BCUT2D eigenvalue weighted by molar-refractivity contribution is 9.09. The van der Waals surface area contributed by atoms with Gasteiger partial charge in [0.1, 0.15) is 4.83 Å². The fraction of sp³-hybridized carbons (Fsp3) is 0.538. The summed E-state index contributed by atoms with van der Waals surface area (Å²) in [6.45, 7) is 0.789. The van der Waals surface area contributed by atoms with Gasteiger partial charge >= 0.3 is 0 Å². The topological polar surface area (TPSA) is 34.9 Å². The minimum atomic E-state index is 0.190. The molecule has 0 radical (unpaired) electrons. The van der Waals surface area contributed by atoms with Crippen LogP contribution in [0.4, 0.5) is 0 Å². The standard InChI is InChI=1S/C13H13BrN2OS2/c14-5-7-6-16-12(17)10-8-3-1-2-4-9(8)19-11(10)15-13(16)18-7/h7H,1-6H2/t7-/m1/s1. The highest BCUT2D eigenvalue weighted by Crippen LogP contribution is 2.37. The summed E-state index contributed by atoms with van der Waals surface area (Å²) in [5.41, 5.74) is 1.49. The second kappa shape index (κ2) is 4.60. The second-order valence-corrected chi connectivity index (χ2v) is 8.09. The molecular formula is C13H13BrN2OS2. The Morgan fingerprint density at radius 1 is 1.37 bits per heavy atom. The second-order valence-electron chi connectivity index (χ2n) is 5.10. The Kier molecular flexibility index (Phi) is 3.01. The Hall–Kier alpha value is -0.330. The van der Waals surface area contributed by atoms with E-state index in [9.17, 15) is 4.79 Å². The normalized spacial score (nSPS) is 21.6. The van der Waals surface area contributed by atoms with Gasteiger partial charge in [-0.15, -0.1) is 11.3 Å². The number of nitrogens with zero attached hydrogens (tertiary/aromatic N) is 2. The molecule has 19 heavy (non-hydrogen) atoms. The number of thiophene rings is 1. The van der Waals surface area contributed by atoms with Gasteiger partial charge in [-0.05, 0) is 31.2 Å². The molecule has 100 valence electrons. The lowest BCUT2D eigenvalue weighted by atomic mass is 9.97. The smallest absolute Gasteiger partial charge is 0.263 e. The SMILES string of the molecule is O=c1c2c3c(sc2nc2n1C[C@@H](CBr)S2)CCCC3. The first kappa shape index (κ1) is 12.4. The minimum absolute atomic E-state index is 0.190. The average molecular weight is 357 g/mol. The molecule has 4 rings (SSSR count). The molecule has 3 nitrogen and oxygen atoms in total. The predicted octanol–water partition coefficient (Wildman–Crippen LogP) is 3.21. The van der Waals surface area contributed by atoms with Crippen LogP contribution in [0.3, 0.4) is 0 Å². The fourth-order valence-corrected chi connectivity index (χ4v) is 5.87. The van der Waals surface area contributed by atoms with E-state index in [1.807, 2.05) is 4.57 Å². The Balaban J connectivity index is 1.97. The third kappa shape index (κ3) is 1.83. The summed E-state index contributed by atoms with van der Waals surface area (Å²) in [7, 11) is 0. The number of halogens is 1. The van der Waals surface area contributed by atoms with Crippen molar-refractivity contribution in [3.8, 4) is 0 Å². The molecule has 1 atom stereocenters. The maximum Gasteiger partial charge on any atom is 0.263 e. The van der Waals surface area contributed by atoms with Gasteiger partial charge in [-0.3, -0.25) is 9.36 Å². The van der Waals surface area contributed by atoms with E-state index in [-0.39, 0.29) is 5.56 Å². The first-order valence-electron chi connectivity index (χ1n) is 6.55. The predicted molar refractivity (Wildman–Crippen MR) is 84.0 cm³/mol. The van der Waals surface area contributed by atoms with E-state index in [2.05, 4.69) is 15.9 Å². The average Bonchev–Trinajstić information content (AvgIpc) is 2.99. The number of alkyl halides is 1. The lowest BCUT2D eigenvalue weighted by Gasteiger charge is -2.10. The zero-order valence-electron chi connectivity index (χ0n) is 10.3. The largest absolute Gasteiger partial charge is 0.286 e. The molecule has 3 heterocycles. The van der Waals surface area contributed by atoms with Gasteiger partial charge in [-0.25, -0.2) is 4.98 Å². The van der Waals surface area contributed by atoms with Crippen LogP contribution in [0.15, 0.2) is 9.95 Å². The minimum Gasteiger partial charge on any atom is -0.286 e. The Labute approximate surface area is 127 Å². The van der Waals surface area contributed by atoms with Crippen molar-refractivity contribution in [1.82, 2.24) is 9.55 Å². The monoisotopic (exact) mass is 356 g/mol. The molecule has 2 aromatic rings. The van der Waals surface area contributed by atoms with Crippen LogP contribution in [0.1, 0.15) is 23.3 Å². The lowest BCUT2D eigenvalue weighted by Crippen LogP contribution is -2.22. The number of thioether (sulfide) groups is 1. The summed E-state index contributed by atoms with van der Waals surface area (Å²) < 4.78 is 1.88. The van der Waals surface area contributed by atoms with Gasteiger partial charge in [0.2, 0.25) is 0 Å². The number of hydrogen-bond donors (Lipinski definition) is 0. The molecule has 0 N–H and O–H groups in total. The third-order valence-electron chi connectivity index (χ3n) is 3.87. The van der Waals surface area contributed by atoms with Gasteiger partial charge in [0.25, 0.3) is 5.56 Å². The molecule has 0 unspecified atom stereocenters. The van der Waals surface area contributed by atoms with Crippen LogP contribution in [0.2, 0.25) is 0 Å². The third-order valence-corrected chi connectivity index (χ3v) is 7.44. The number of rotatable bonds is 1. The number of aryl methyl sites for hydroxylation is 2. The first-order chi connectivity index (χ1) is 9.28. The summed E-state index contributed by atoms with van der Waals surface area (Å²) in [5.74, 6) is 0. The first-order valence-corrected chi connectivity index (χ1v) is 9.37. The van der Waals surface area contributed by atoms with Crippen LogP contribution in [-0.4, -0.2) is 20.1 Å². The number of hydrogen-bond acceptors (Lipinski definition) is 4. The van der Waals surface area contributed by atoms with E-state index in [4.69, 9.17) is 4.98 Å². The van der Waals surface area contributed by atoms with E-state index in [0.29, 0.717) is 5.25 Å². The fourth-order valence-electron chi connectivity index (χ4n) is 2.94. The molecule has 1 aliphatic carbocycles. The molecule has 1 aliphatic heterocycles. The number of aromatic nitrogens is 2. The van der Waals surface area contributed by atoms with Gasteiger partial charge in [-0.1, -0.05) is 27.7 Å². The van der Waals surface area contributed by atoms with Crippen molar-refractivity contribution >= 4 is 49.2 Å². The van der Waals surface area contributed by atoms with Gasteiger partial charge in [0.05, 0.1) is 5.39 Å². The van der Waals surface area contributed by atoms with Crippen molar-refractivity contribution < 1.29 is 0 Å². The Bertz CT molecular complexity index is 721. The van der Waals surface area contributed by atoms with E-state index in [1.165, 1.54) is 23.3 Å². The molecule has 0 saturated heterocycles. The molecule has 0 aromatic carbocycles. The maximum absolute atomic E-state index is 12.7. The van der Waals surface area contributed by atoms with E-state index < -0.39 is 0 Å². The van der Waals surface area contributed by atoms with Crippen molar-refractivity contribution in [2.75, 3.05) is 5.33 Å². The molecule has 0 amide bonds. The summed E-state index contributed by atoms with van der Waals surface area (Å²) in [6.07, 6.45) is 4.64. The van der Waals surface area contributed by atoms with Crippen molar-refractivity contribution in [2.24, 2.45) is 0 Å². The number of fused-ring (bicyclic) bond motifs is 4. The molecule has 0 spiro atoms. The summed E-state index contributed by atoms with van der Waals surface area (Å²) in [6, 6.07) is 0. The quantitative estimate of drug-likeness (QED) is 0.581. The zero-order valence-corrected chi connectivity index (χ0v) is 13.5. The summed E-state index contributed by atoms with van der Waals surface area (Å²) >= 11 is 6.97. The van der Waals surface area contributed by atoms with Gasteiger partial charge in [0.15, 0.2) is 5.16 Å². The van der Waals surface area contributed by atoms with E-state index in [1.54, 1.807) is 23.1 Å². The Morgan fingerprint density at radius 3 is 3.05 bits per heavy atom. The lowest BCUT2D eigenvalue weighted by molar-refractivity contribution is 0.631. The van der Waals surface area contributed by atoms with E-state index in [0.717, 1.165) is 40.1 Å². The highest BCUT2D eigenvalue weighted by atomic mass is 79.9. The van der Waals surface area contributed by atoms with Crippen molar-refractivity contribution in [2.45, 2.75) is 42.6 Å².